The van der Waals surface area contributed by atoms with Crippen LogP contribution in [0.2, 0.25) is 0 Å². The monoisotopic (exact) mass is 216 g/mol. The Bertz CT molecular complexity index is 461. The Kier molecular flexibility index (Phi) is 2.86. The van der Waals surface area contributed by atoms with E-state index in [0.29, 0.717) is 5.82 Å². The second kappa shape index (κ2) is 4.48. The van der Waals surface area contributed by atoms with E-state index in [9.17, 15) is 4.79 Å². The van der Waals surface area contributed by atoms with Crippen molar-refractivity contribution in [3.8, 4) is 0 Å². The molecular formula is C11H12N4O. The Morgan fingerprint density at radius 3 is 2.56 bits per heavy atom. The van der Waals surface area contributed by atoms with Crippen molar-refractivity contribution in [2.45, 2.75) is 6.92 Å². The second-order valence-corrected chi connectivity index (χ2v) is 3.42. The third-order valence-corrected chi connectivity index (χ3v) is 2.06. The van der Waals surface area contributed by atoms with E-state index in [1.807, 2.05) is 31.2 Å². The highest BCUT2D eigenvalue weighted by atomic mass is 16.2. The topological polar surface area (TPSA) is 69.8 Å². The number of amides is 2. The summed E-state index contributed by atoms with van der Waals surface area (Å²) in [5.74, 6) is 0.560. The van der Waals surface area contributed by atoms with Gasteiger partial charge in [0.05, 0.1) is 6.20 Å². The zero-order valence-electron chi connectivity index (χ0n) is 8.82. The van der Waals surface area contributed by atoms with E-state index < -0.39 is 0 Å². The van der Waals surface area contributed by atoms with E-state index in [0.717, 1.165) is 11.3 Å². The highest BCUT2D eigenvalue weighted by molar-refractivity contribution is 5.99. The molecule has 0 radical (unpaired) electrons. The zero-order chi connectivity index (χ0) is 11.4. The van der Waals surface area contributed by atoms with Crippen LogP contribution < -0.4 is 10.6 Å². The lowest BCUT2D eigenvalue weighted by Crippen LogP contribution is -2.19. The van der Waals surface area contributed by atoms with Gasteiger partial charge in [0.25, 0.3) is 0 Å². The maximum absolute atomic E-state index is 11.5. The van der Waals surface area contributed by atoms with E-state index in [4.69, 9.17) is 0 Å². The summed E-state index contributed by atoms with van der Waals surface area (Å²) in [7, 11) is 0. The number of aromatic amines is 1. The fourth-order valence-corrected chi connectivity index (χ4v) is 1.25. The molecule has 0 saturated carbocycles. The van der Waals surface area contributed by atoms with Crippen LogP contribution in [0, 0.1) is 6.92 Å². The number of nitrogens with one attached hydrogen (secondary N) is 3. The van der Waals surface area contributed by atoms with Gasteiger partial charge in [0.15, 0.2) is 0 Å². The predicted molar refractivity (Wildman–Crippen MR) is 62.4 cm³/mol. The van der Waals surface area contributed by atoms with Crippen molar-refractivity contribution in [3.63, 3.8) is 0 Å². The van der Waals surface area contributed by atoms with Crippen LogP contribution in [0.4, 0.5) is 16.3 Å². The van der Waals surface area contributed by atoms with Gasteiger partial charge in [-0.2, -0.15) is 5.10 Å². The first-order valence-electron chi connectivity index (χ1n) is 4.88. The maximum atomic E-state index is 11.5. The lowest BCUT2D eigenvalue weighted by Gasteiger charge is -2.05. The number of aromatic nitrogens is 2. The second-order valence-electron chi connectivity index (χ2n) is 3.42. The number of hydrogen-bond acceptors (Lipinski definition) is 2. The average molecular weight is 216 g/mol. The normalized spacial score (nSPS) is 9.81. The number of benzene rings is 1. The van der Waals surface area contributed by atoms with E-state index in [2.05, 4.69) is 20.8 Å². The molecule has 0 bridgehead atoms. The van der Waals surface area contributed by atoms with Crippen LogP contribution in [0.3, 0.4) is 0 Å². The molecule has 0 saturated heterocycles. The molecule has 0 spiro atoms. The first-order valence-corrected chi connectivity index (χ1v) is 4.88. The molecule has 2 amide bonds. The molecular weight excluding hydrogens is 204 g/mol. The van der Waals surface area contributed by atoms with Crippen LogP contribution in [-0.4, -0.2) is 16.2 Å². The van der Waals surface area contributed by atoms with Gasteiger partial charge in [-0.05, 0) is 19.1 Å². The molecule has 0 fully saturated rings. The van der Waals surface area contributed by atoms with Gasteiger partial charge >= 0.3 is 6.03 Å². The van der Waals surface area contributed by atoms with Gasteiger partial charge in [0.2, 0.25) is 0 Å². The number of hydrogen-bond donors (Lipinski definition) is 3. The maximum Gasteiger partial charge on any atom is 0.324 e. The molecule has 2 rings (SSSR count). The quantitative estimate of drug-likeness (QED) is 0.721. The molecule has 16 heavy (non-hydrogen) atoms. The third-order valence-electron chi connectivity index (χ3n) is 2.06. The number of anilines is 2. The Balaban J connectivity index is 1.95. The molecule has 0 aliphatic heterocycles. The van der Waals surface area contributed by atoms with Crippen LogP contribution in [0.5, 0.6) is 0 Å². The molecule has 2 aromatic rings. The smallest absolute Gasteiger partial charge is 0.308 e. The third kappa shape index (κ3) is 2.60. The fourth-order valence-electron chi connectivity index (χ4n) is 1.25. The molecule has 0 aliphatic carbocycles. The Morgan fingerprint density at radius 1 is 1.19 bits per heavy atom. The lowest BCUT2D eigenvalue weighted by molar-refractivity contribution is 0.262. The molecule has 0 aliphatic rings. The minimum atomic E-state index is -0.298. The zero-order valence-corrected chi connectivity index (χ0v) is 8.82. The van der Waals surface area contributed by atoms with Gasteiger partial charge in [-0.3, -0.25) is 10.4 Å². The molecule has 1 aromatic heterocycles. The lowest BCUT2D eigenvalue weighted by atomic mass is 10.2. The number of carbonyl (C=O) groups is 1. The molecule has 5 nitrogen and oxygen atoms in total. The summed E-state index contributed by atoms with van der Waals surface area (Å²) >= 11 is 0. The van der Waals surface area contributed by atoms with Crippen molar-refractivity contribution >= 4 is 17.5 Å². The summed E-state index contributed by atoms with van der Waals surface area (Å²) in [6.07, 6.45) is 1.57. The Labute approximate surface area is 92.9 Å². The molecule has 5 heteroatoms. The predicted octanol–water partition coefficient (Wildman–Crippen LogP) is 2.36. The average Bonchev–Trinajstić information content (AvgIpc) is 2.74. The van der Waals surface area contributed by atoms with E-state index in [1.165, 1.54) is 0 Å². The van der Waals surface area contributed by atoms with Crippen LogP contribution >= 0.6 is 0 Å². The minimum absolute atomic E-state index is 0.298. The molecule has 3 N–H and O–H groups in total. The number of urea groups is 1. The van der Waals surface area contributed by atoms with Crippen molar-refractivity contribution in [1.82, 2.24) is 10.2 Å². The Morgan fingerprint density at radius 2 is 1.94 bits per heavy atom. The van der Waals surface area contributed by atoms with Crippen molar-refractivity contribution in [3.05, 3.63) is 42.1 Å². The van der Waals surface area contributed by atoms with Gasteiger partial charge in [-0.1, -0.05) is 17.7 Å². The fraction of sp³-hybridized carbons (Fsp3) is 0.0909. The number of carbonyl (C=O) groups excluding carboxylic acids is 1. The van der Waals surface area contributed by atoms with E-state index in [1.54, 1.807) is 12.3 Å². The molecule has 1 heterocycles. The number of aryl methyl sites for hydroxylation is 1. The van der Waals surface area contributed by atoms with Crippen LogP contribution in [-0.2, 0) is 0 Å². The van der Waals surface area contributed by atoms with Crippen molar-refractivity contribution in [2.75, 3.05) is 10.6 Å². The first-order chi connectivity index (χ1) is 7.74. The standard InChI is InChI=1S/C11H12N4O/c1-8-2-4-9(5-3-8)13-11(16)14-10-6-7-12-15-10/h2-7H,1H3,(H3,12,13,14,15,16). The number of H-pyrrole nitrogens is 1. The molecule has 82 valence electrons. The van der Waals surface area contributed by atoms with Crippen molar-refractivity contribution < 1.29 is 4.79 Å². The van der Waals surface area contributed by atoms with Gasteiger partial charge in [0, 0.05) is 11.8 Å². The van der Waals surface area contributed by atoms with E-state index >= 15 is 0 Å². The van der Waals surface area contributed by atoms with Gasteiger partial charge in [0.1, 0.15) is 5.82 Å². The summed E-state index contributed by atoms with van der Waals surface area (Å²) in [5, 5.41) is 11.7. The molecule has 0 unspecified atom stereocenters. The van der Waals surface area contributed by atoms with Gasteiger partial charge in [-0.25, -0.2) is 4.79 Å². The summed E-state index contributed by atoms with van der Waals surface area (Å²) in [6, 6.07) is 8.95. The summed E-state index contributed by atoms with van der Waals surface area (Å²) in [4.78, 5) is 11.5. The van der Waals surface area contributed by atoms with Crippen LogP contribution in [0.1, 0.15) is 5.56 Å². The Hall–Kier alpha value is -2.30. The highest BCUT2D eigenvalue weighted by Crippen LogP contribution is 2.09. The van der Waals surface area contributed by atoms with Crippen molar-refractivity contribution in [1.29, 1.82) is 0 Å². The SMILES string of the molecule is Cc1ccc(NC(=O)Nc2ccn[nH]2)cc1. The molecule has 0 atom stereocenters. The highest BCUT2D eigenvalue weighted by Gasteiger charge is 2.02. The summed E-state index contributed by atoms with van der Waals surface area (Å²) in [5.41, 5.74) is 1.90. The van der Waals surface area contributed by atoms with Gasteiger partial charge in [-0.15, -0.1) is 0 Å². The van der Waals surface area contributed by atoms with E-state index in [-0.39, 0.29) is 6.03 Å². The summed E-state index contributed by atoms with van der Waals surface area (Å²) in [6.45, 7) is 1.99. The number of nitrogens with zero attached hydrogens (tertiary/aromatic N) is 1. The van der Waals surface area contributed by atoms with Crippen LogP contribution in [0.15, 0.2) is 36.5 Å². The number of rotatable bonds is 2. The molecule has 1 aromatic carbocycles. The van der Waals surface area contributed by atoms with Crippen LogP contribution in [0.25, 0.3) is 0 Å². The van der Waals surface area contributed by atoms with Gasteiger partial charge < -0.3 is 5.32 Å². The minimum Gasteiger partial charge on any atom is -0.308 e. The van der Waals surface area contributed by atoms with Crippen molar-refractivity contribution in [2.24, 2.45) is 0 Å². The first kappa shape index (κ1) is 10.2. The summed E-state index contributed by atoms with van der Waals surface area (Å²) < 4.78 is 0. The largest absolute Gasteiger partial charge is 0.324 e.